The Morgan fingerprint density at radius 1 is 1.21 bits per heavy atom. The summed E-state index contributed by atoms with van der Waals surface area (Å²) in [7, 11) is 0. The maximum absolute atomic E-state index is 13.2. The molecule has 0 unspecified atom stereocenters. The van der Waals surface area contributed by atoms with E-state index >= 15 is 0 Å². The molecule has 1 aliphatic rings. The number of amides is 1. The molecule has 3 aromatic rings. The van der Waals surface area contributed by atoms with Crippen LogP contribution in [0.5, 0.6) is 0 Å². The van der Waals surface area contributed by atoms with E-state index in [4.69, 9.17) is 4.74 Å². The van der Waals surface area contributed by atoms with Gasteiger partial charge in [0.1, 0.15) is 0 Å². The number of aromatic nitrogens is 1. The number of carbonyl (C=O) groups excluding carboxylic acids is 1. The van der Waals surface area contributed by atoms with E-state index in [0.29, 0.717) is 11.6 Å². The summed E-state index contributed by atoms with van der Waals surface area (Å²) in [5.74, 6) is 0.0384. The molecule has 6 heteroatoms. The SMILES string of the molecule is O=C(c1nc2ccccc2s1)N(Cc1cccs1)C1CCOCC1. The minimum atomic E-state index is 0.0384. The van der Waals surface area contributed by atoms with Crippen LogP contribution in [0.2, 0.25) is 0 Å². The third-order valence-corrected chi connectivity index (χ3v) is 6.16. The molecule has 4 rings (SSSR count). The molecule has 0 radical (unpaired) electrons. The van der Waals surface area contributed by atoms with Gasteiger partial charge in [0.05, 0.1) is 16.8 Å². The van der Waals surface area contributed by atoms with Crippen molar-refractivity contribution in [2.45, 2.75) is 25.4 Å². The van der Waals surface area contributed by atoms with Crippen molar-refractivity contribution in [3.05, 3.63) is 51.7 Å². The molecule has 1 aromatic carbocycles. The molecule has 0 atom stereocenters. The number of ether oxygens (including phenoxy) is 1. The molecule has 124 valence electrons. The van der Waals surface area contributed by atoms with Gasteiger partial charge >= 0.3 is 0 Å². The fourth-order valence-electron chi connectivity index (χ4n) is 3.02. The van der Waals surface area contributed by atoms with Crippen molar-refractivity contribution in [3.8, 4) is 0 Å². The maximum atomic E-state index is 13.2. The molecule has 1 amide bonds. The smallest absolute Gasteiger partial charge is 0.283 e. The molecule has 0 saturated carbocycles. The lowest BCUT2D eigenvalue weighted by Gasteiger charge is -2.33. The molecule has 24 heavy (non-hydrogen) atoms. The molecular formula is C18H18N2O2S2. The number of benzene rings is 1. The average molecular weight is 358 g/mol. The van der Waals surface area contributed by atoms with Gasteiger partial charge in [0.25, 0.3) is 5.91 Å². The molecule has 2 aromatic heterocycles. The van der Waals surface area contributed by atoms with Crippen molar-refractivity contribution in [1.82, 2.24) is 9.88 Å². The topological polar surface area (TPSA) is 42.4 Å². The second kappa shape index (κ2) is 7.01. The van der Waals surface area contributed by atoms with Gasteiger partial charge in [-0.1, -0.05) is 18.2 Å². The molecule has 1 aliphatic heterocycles. The summed E-state index contributed by atoms with van der Waals surface area (Å²) in [6.45, 7) is 2.09. The van der Waals surface area contributed by atoms with Crippen molar-refractivity contribution in [2.75, 3.05) is 13.2 Å². The van der Waals surface area contributed by atoms with E-state index in [-0.39, 0.29) is 11.9 Å². The zero-order valence-electron chi connectivity index (χ0n) is 13.2. The highest BCUT2D eigenvalue weighted by Crippen LogP contribution is 2.26. The summed E-state index contributed by atoms with van der Waals surface area (Å²) in [6, 6.07) is 12.3. The van der Waals surface area contributed by atoms with Gasteiger partial charge in [0, 0.05) is 24.1 Å². The van der Waals surface area contributed by atoms with E-state index in [9.17, 15) is 4.79 Å². The minimum Gasteiger partial charge on any atom is -0.381 e. The first-order valence-corrected chi connectivity index (χ1v) is 9.77. The van der Waals surface area contributed by atoms with Crippen LogP contribution in [-0.2, 0) is 11.3 Å². The summed E-state index contributed by atoms with van der Waals surface area (Å²) in [5.41, 5.74) is 0.897. The summed E-state index contributed by atoms with van der Waals surface area (Å²) in [5, 5.41) is 2.64. The number of carbonyl (C=O) groups is 1. The van der Waals surface area contributed by atoms with Crippen LogP contribution in [0.4, 0.5) is 0 Å². The largest absolute Gasteiger partial charge is 0.381 e. The highest BCUT2D eigenvalue weighted by atomic mass is 32.1. The number of hydrogen-bond acceptors (Lipinski definition) is 5. The van der Waals surface area contributed by atoms with E-state index in [1.807, 2.05) is 35.2 Å². The Bertz CT molecular complexity index is 790. The first-order chi connectivity index (χ1) is 11.8. The summed E-state index contributed by atoms with van der Waals surface area (Å²) >= 11 is 3.17. The van der Waals surface area contributed by atoms with Gasteiger partial charge in [-0.3, -0.25) is 4.79 Å². The van der Waals surface area contributed by atoms with Gasteiger partial charge in [-0.25, -0.2) is 4.98 Å². The van der Waals surface area contributed by atoms with Gasteiger partial charge in [0.15, 0.2) is 5.01 Å². The normalized spacial score (nSPS) is 15.7. The standard InChI is InChI=1S/C18H18N2O2S2/c21-18(17-19-15-5-1-2-6-16(15)24-17)20(12-14-4-3-11-23-14)13-7-9-22-10-8-13/h1-6,11,13H,7-10,12H2. The number of hydrogen-bond donors (Lipinski definition) is 0. The van der Waals surface area contributed by atoms with Crippen molar-refractivity contribution in [1.29, 1.82) is 0 Å². The quantitative estimate of drug-likeness (QED) is 0.703. The number of fused-ring (bicyclic) bond motifs is 1. The Morgan fingerprint density at radius 3 is 2.79 bits per heavy atom. The molecule has 1 saturated heterocycles. The third-order valence-electron chi connectivity index (χ3n) is 4.28. The number of nitrogens with zero attached hydrogens (tertiary/aromatic N) is 2. The molecule has 0 bridgehead atoms. The summed E-state index contributed by atoms with van der Waals surface area (Å²) in [4.78, 5) is 20.9. The molecule has 1 fully saturated rings. The Hall–Kier alpha value is -1.76. The monoisotopic (exact) mass is 358 g/mol. The number of rotatable bonds is 4. The van der Waals surface area contributed by atoms with E-state index < -0.39 is 0 Å². The zero-order valence-corrected chi connectivity index (χ0v) is 14.8. The van der Waals surface area contributed by atoms with Crippen LogP contribution in [0.25, 0.3) is 10.2 Å². The predicted octanol–water partition coefficient (Wildman–Crippen LogP) is 4.18. The molecular weight excluding hydrogens is 340 g/mol. The summed E-state index contributed by atoms with van der Waals surface area (Å²) in [6.07, 6.45) is 1.78. The molecule has 4 nitrogen and oxygen atoms in total. The van der Waals surface area contributed by atoms with Crippen molar-refractivity contribution < 1.29 is 9.53 Å². The van der Waals surface area contributed by atoms with Crippen LogP contribution in [0.15, 0.2) is 41.8 Å². The van der Waals surface area contributed by atoms with E-state index in [0.717, 1.165) is 36.3 Å². The highest BCUT2D eigenvalue weighted by molar-refractivity contribution is 7.20. The first kappa shape index (κ1) is 15.7. The van der Waals surface area contributed by atoms with E-state index in [2.05, 4.69) is 16.4 Å². The average Bonchev–Trinajstić information content (AvgIpc) is 3.29. The van der Waals surface area contributed by atoms with Crippen LogP contribution in [-0.4, -0.2) is 35.0 Å². The molecule has 3 heterocycles. The maximum Gasteiger partial charge on any atom is 0.283 e. The van der Waals surface area contributed by atoms with Gasteiger partial charge in [-0.2, -0.15) is 0 Å². The lowest BCUT2D eigenvalue weighted by Crippen LogP contribution is -2.42. The Labute approximate surface area is 148 Å². The Kier molecular flexibility index (Phi) is 4.60. The molecule has 0 aliphatic carbocycles. The third kappa shape index (κ3) is 3.22. The lowest BCUT2D eigenvalue weighted by atomic mass is 10.1. The van der Waals surface area contributed by atoms with E-state index in [1.54, 1.807) is 11.3 Å². The fourth-order valence-corrected chi connectivity index (χ4v) is 4.64. The Morgan fingerprint density at radius 2 is 2.04 bits per heavy atom. The van der Waals surface area contributed by atoms with Crippen LogP contribution in [0.1, 0.15) is 27.5 Å². The molecule has 0 N–H and O–H groups in total. The van der Waals surface area contributed by atoms with Crippen molar-refractivity contribution >= 4 is 38.8 Å². The highest BCUT2D eigenvalue weighted by Gasteiger charge is 2.28. The Balaban J connectivity index is 1.64. The van der Waals surface area contributed by atoms with Gasteiger partial charge < -0.3 is 9.64 Å². The first-order valence-electron chi connectivity index (χ1n) is 8.08. The van der Waals surface area contributed by atoms with Gasteiger partial charge in [-0.05, 0) is 36.4 Å². The van der Waals surface area contributed by atoms with Crippen LogP contribution >= 0.6 is 22.7 Å². The van der Waals surface area contributed by atoms with Gasteiger partial charge in [0.2, 0.25) is 0 Å². The number of thiophene rings is 1. The molecule has 0 spiro atoms. The van der Waals surface area contributed by atoms with Crippen molar-refractivity contribution in [3.63, 3.8) is 0 Å². The minimum absolute atomic E-state index is 0.0384. The van der Waals surface area contributed by atoms with Crippen LogP contribution in [0.3, 0.4) is 0 Å². The fraction of sp³-hybridized carbons (Fsp3) is 0.333. The lowest BCUT2D eigenvalue weighted by molar-refractivity contribution is 0.0270. The van der Waals surface area contributed by atoms with Crippen LogP contribution in [0, 0.1) is 0 Å². The van der Waals surface area contributed by atoms with E-state index in [1.165, 1.54) is 16.2 Å². The van der Waals surface area contributed by atoms with Crippen LogP contribution < -0.4 is 0 Å². The van der Waals surface area contributed by atoms with Gasteiger partial charge in [-0.15, -0.1) is 22.7 Å². The summed E-state index contributed by atoms with van der Waals surface area (Å²) < 4.78 is 6.53. The number of para-hydroxylation sites is 1. The zero-order chi connectivity index (χ0) is 16.4. The predicted molar refractivity (Wildman–Crippen MR) is 97.7 cm³/mol. The number of thiazole rings is 1. The second-order valence-electron chi connectivity index (χ2n) is 5.84. The van der Waals surface area contributed by atoms with Crippen molar-refractivity contribution in [2.24, 2.45) is 0 Å². The second-order valence-corrected chi connectivity index (χ2v) is 7.91.